The molecular weight excluding hydrogens is 306 g/mol. The molecule has 1 aromatic rings. The molecule has 2 fully saturated rings. The molecule has 0 aliphatic carbocycles. The first kappa shape index (κ1) is 17.2. The molecule has 5 nitrogen and oxygen atoms in total. The first-order chi connectivity index (χ1) is 11.7. The Hall–Kier alpha value is -1.59. The summed E-state index contributed by atoms with van der Waals surface area (Å²) in [6.45, 7) is 2.97. The smallest absolute Gasteiger partial charge is 0.227 e. The molecule has 0 bridgehead atoms. The van der Waals surface area contributed by atoms with Gasteiger partial charge in [0.1, 0.15) is 5.75 Å². The van der Waals surface area contributed by atoms with Gasteiger partial charge in [-0.1, -0.05) is 12.1 Å². The molecule has 0 aromatic heterocycles. The average Bonchev–Trinajstić information content (AvgIpc) is 3.29. The van der Waals surface area contributed by atoms with Crippen molar-refractivity contribution in [2.45, 2.75) is 44.3 Å². The van der Waals surface area contributed by atoms with E-state index in [1.165, 1.54) is 0 Å². The molecule has 2 heterocycles. The van der Waals surface area contributed by atoms with E-state index in [4.69, 9.17) is 14.2 Å². The van der Waals surface area contributed by atoms with E-state index in [0.717, 1.165) is 50.2 Å². The molecular formula is C19H27NO4. The van der Waals surface area contributed by atoms with Crippen LogP contribution in [0, 0.1) is 0 Å². The van der Waals surface area contributed by atoms with Crippen LogP contribution in [0.15, 0.2) is 24.3 Å². The van der Waals surface area contributed by atoms with Gasteiger partial charge in [-0.25, -0.2) is 0 Å². The number of rotatable bonds is 7. The van der Waals surface area contributed by atoms with E-state index < -0.39 is 0 Å². The summed E-state index contributed by atoms with van der Waals surface area (Å²) in [6.07, 6.45) is 5.01. The molecule has 24 heavy (non-hydrogen) atoms. The highest BCUT2D eigenvalue weighted by molar-refractivity contribution is 5.79. The van der Waals surface area contributed by atoms with E-state index in [-0.39, 0.29) is 18.1 Å². The first-order valence-corrected chi connectivity index (χ1v) is 8.88. The van der Waals surface area contributed by atoms with E-state index >= 15 is 0 Å². The van der Waals surface area contributed by atoms with Crippen LogP contribution in [-0.2, 0) is 20.7 Å². The number of methoxy groups -OCH3 is 1. The zero-order chi connectivity index (χ0) is 16.8. The Morgan fingerprint density at radius 3 is 2.12 bits per heavy atom. The van der Waals surface area contributed by atoms with Crippen molar-refractivity contribution in [1.82, 2.24) is 4.90 Å². The van der Waals surface area contributed by atoms with Crippen molar-refractivity contribution in [3.8, 4) is 5.75 Å². The van der Waals surface area contributed by atoms with Gasteiger partial charge >= 0.3 is 0 Å². The zero-order valence-corrected chi connectivity index (χ0v) is 14.4. The number of carbonyl (C=O) groups excluding carboxylic acids is 1. The van der Waals surface area contributed by atoms with Gasteiger partial charge in [0.05, 0.1) is 25.7 Å². The Morgan fingerprint density at radius 1 is 1.08 bits per heavy atom. The van der Waals surface area contributed by atoms with Gasteiger partial charge in [0.15, 0.2) is 0 Å². The summed E-state index contributed by atoms with van der Waals surface area (Å²) >= 11 is 0. The third kappa shape index (κ3) is 4.71. The summed E-state index contributed by atoms with van der Waals surface area (Å²) in [5.74, 6) is 0.952. The summed E-state index contributed by atoms with van der Waals surface area (Å²) in [4.78, 5) is 14.8. The second-order valence-corrected chi connectivity index (χ2v) is 6.59. The van der Waals surface area contributed by atoms with Gasteiger partial charge in [0.2, 0.25) is 5.91 Å². The third-order valence-corrected chi connectivity index (χ3v) is 4.76. The van der Waals surface area contributed by atoms with Crippen molar-refractivity contribution >= 4 is 5.91 Å². The molecule has 0 unspecified atom stereocenters. The van der Waals surface area contributed by atoms with Crippen LogP contribution >= 0.6 is 0 Å². The number of ether oxygens (including phenoxy) is 3. The molecule has 1 aromatic carbocycles. The van der Waals surface area contributed by atoms with Gasteiger partial charge in [-0.15, -0.1) is 0 Å². The largest absolute Gasteiger partial charge is 0.497 e. The topological polar surface area (TPSA) is 48.0 Å². The van der Waals surface area contributed by atoms with Crippen LogP contribution in [0.2, 0.25) is 0 Å². The second-order valence-electron chi connectivity index (χ2n) is 6.59. The van der Waals surface area contributed by atoms with Crippen LogP contribution in [-0.4, -0.2) is 56.4 Å². The van der Waals surface area contributed by atoms with Crippen molar-refractivity contribution in [3.05, 3.63) is 29.8 Å². The molecule has 2 atom stereocenters. The van der Waals surface area contributed by atoms with Gasteiger partial charge in [-0.2, -0.15) is 0 Å². The standard InChI is InChI=1S/C19H27NO4/c1-22-16-8-6-15(7-9-16)12-19(21)20(13-17-4-2-10-23-17)14-18-5-3-11-24-18/h6-9,17-18H,2-5,10-14H2,1H3/t17-,18-/m0/s1. The van der Waals surface area contributed by atoms with Gasteiger partial charge in [-0.05, 0) is 43.4 Å². The lowest BCUT2D eigenvalue weighted by molar-refractivity contribution is -0.133. The van der Waals surface area contributed by atoms with Crippen LogP contribution in [0.5, 0.6) is 5.75 Å². The molecule has 132 valence electrons. The average molecular weight is 333 g/mol. The van der Waals surface area contributed by atoms with Crippen LogP contribution in [0.25, 0.3) is 0 Å². The summed E-state index contributed by atoms with van der Waals surface area (Å²) < 4.78 is 16.6. The fraction of sp³-hybridized carbons (Fsp3) is 0.632. The number of carbonyl (C=O) groups is 1. The number of nitrogens with zero attached hydrogens (tertiary/aromatic N) is 1. The lowest BCUT2D eigenvalue weighted by Crippen LogP contribution is -2.42. The fourth-order valence-corrected chi connectivity index (χ4v) is 3.38. The SMILES string of the molecule is COc1ccc(CC(=O)N(C[C@@H]2CCCO2)C[C@@H]2CCCO2)cc1. The Labute approximate surface area is 143 Å². The number of benzene rings is 1. The number of hydrogen-bond donors (Lipinski definition) is 0. The molecule has 0 saturated carbocycles. The Balaban J connectivity index is 1.61. The fourth-order valence-electron chi connectivity index (χ4n) is 3.38. The van der Waals surface area contributed by atoms with Crippen molar-refractivity contribution in [1.29, 1.82) is 0 Å². The maximum atomic E-state index is 12.8. The van der Waals surface area contributed by atoms with Crippen LogP contribution in [0.1, 0.15) is 31.2 Å². The van der Waals surface area contributed by atoms with Gasteiger partial charge in [0, 0.05) is 26.3 Å². The summed E-state index contributed by atoms with van der Waals surface area (Å²) in [6, 6.07) is 7.69. The van der Waals surface area contributed by atoms with Crippen LogP contribution < -0.4 is 4.74 Å². The normalized spacial score (nSPS) is 23.4. The predicted molar refractivity (Wildman–Crippen MR) is 91.2 cm³/mol. The Morgan fingerprint density at radius 2 is 1.67 bits per heavy atom. The summed E-state index contributed by atoms with van der Waals surface area (Å²) in [5.41, 5.74) is 1.01. The van der Waals surface area contributed by atoms with Crippen molar-refractivity contribution in [3.63, 3.8) is 0 Å². The first-order valence-electron chi connectivity index (χ1n) is 8.88. The van der Waals surface area contributed by atoms with Crippen LogP contribution in [0.3, 0.4) is 0 Å². The molecule has 0 spiro atoms. The minimum Gasteiger partial charge on any atom is -0.497 e. The minimum atomic E-state index is 0.145. The van der Waals surface area contributed by atoms with E-state index in [1.54, 1.807) is 7.11 Å². The van der Waals surface area contributed by atoms with Gasteiger partial charge in [0.25, 0.3) is 0 Å². The molecule has 2 aliphatic heterocycles. The molecule has 2 aliphatic rings. The van der Waals surface area contributed by atoms with E-state index in [0.29, 0.717) is 19.5 Å². The van der Waals surface area contributed by atoms with Gasteiger partial charge in [-0.3, -0.25) is 4.79 Å². The van der Waals surface area contributed by atoms with Crippen molar-refractivity contribution < 1.29 is 19.0 Å². The maximum Gasteiger partial charge on any atom is 0.227 e. The molecule has 0 N–H and O–H groups in total. The lowest BCUT2D eigenvalue weighted by atomic mass is 10.1. The highest BCUT2D eigenvalue weighted by Gasteiger charge is 2.26. The zero-order valence-electron chi connectivity index (χ0n) is 14.4. The molecule has 5 heteroatoms. The maximum absolute atomic E-state index is 12.8. The molecule has 1 amide bonds. The summed E-state index contributed by atoms with van der Waals surface area (Å²) in [5, 5.41) is 0. The molecule has 3 rings (SSSR count). The highest BCUT2D eigenvalue weighted by atomic mass is 16.5. The van der Waals surface area contributed by atoms with E-state index in [2.05, 4.69) is 0 Å². The van der Waals surface area contributed by atoms with Crippen LogP contribution in [0.4, 0.5) is 0 Å². The monoisotopic (exact) mass is 333 g/mol. The van der Waals surface area contributed by atoms with Crippen molar-refractivity contribution in [2.75, 3.05) is 33.4 Å². The Bertz CT molecular complexity index is 501. The minimum absolute atomic E-state index is 0.145. The van der Waals surface area contributed by atoms with Crippen molar-refractivity contribution in [2.24, 2.45) is 0 Å². The summed E-state index contributed by atoms with van der Waals surface area (Å²) in [7, 11) is 1.64. The van der Waals surface area contributed by atoms with Gasteiger partial charge < -0.3 is 19.1 Å². The van der Waals surface area contributed by atoms with E-state index in [1.807, 2.05) is 29.2 Å². The highest BCUT2D eigenvalue weighted by Crippen LogP contribution is 2.19. The van der Waals surface area contributed by atoms with E-state index in [9.17, 15) is 4.79 Å². The quantitative estimate of drug-likeness (QED) is 0.769. The Kier molecular flexibility index (Phi) is 6.10. The lowest BCUT2D eigenvalue weighted by Gasteiger charge is -2.28. The second kappa shape index (κ2) is 8.49. The molecule has 2 saturated heterocycles. The number of hydrogen-bond acceptors (Lipinski definition) is 4. The number of amides is 1. The third-order valence-electron chi connectivity index (χ3n) is 4.76. The predicted octanol–water partition coefficient (Wildman–Crippen LogP) is 2.42. The molecule has 0 radical (unpaired) electrons.